The van der Waals surface area contributed by atoms with E-state index in [0.717, 1.165) is 116 Å². The number of benzene rings is 9. The number of halogens is 5. The molecule has 20 heteroatoms. The molecule has 0 aliphatic carbocycles. The third kappa shape index (κ3) is 26.1. The molecule has 110 heavy (non-hydrogen) atoms. The maximum Gasteiger partial charge on any atom is 0.338 e. The van der Waals surface area contributed by atoms with Crippen molar-refractivity contribution in [3.63, 3.8) is 0 Å². The van der Waals surface area contributed by atoms with Crippen LogP contribution in [0.2, 0.25) is 0 Å². The minimum absolute atomic E-state index is 0.0740. The summed E-state index contributed by atoms with van der Waals surface area (Å²) in [6.45, 7) is 12.9. The number of ether oxygens (including phenoxy) is 3. The normalized spacial score (nSPS) is 11.4. The molecule has 12 rings (SSSR count). The number of Topliss-reactive ketones (excluding diaryl/α,β-unsaturated/α-hetero) is 3. The monoisotopic (exact) mass is 1570 g/mol. The van der Waals surface area contributed by atoms with Crippen molar-refractivity contribution in [2.24, 2.45) is 17.2 Å². The fraction of sp³-hybridized carbons (Fsp3) is 0.233. The van der Waals surface area contributed by atoms with Crippen LogP contribution in [-0.2, 0) is 67.7 Å². The molecule has 0 radical (unpaired) electrons. The van der Waals surface area contributed by atoms with Gasteiger partial charge in [-0.2, -0.15) is 0 Å². The van der Waals surface area contributed by atoms with E-state index in [2.05, 4.69) is 26.6 Å². The highest BCUT2D eigenvalue weighted by atomic mass is 35.5. The molecule has 15 nitrogen and oxygen atoms in total. The highest BCUT2D eigenvalue weighted by Gasteiger charge is 2.24. The Bertz CT molecular complexity index is 4550. The lowest BCUT2D eigenvalue weighted by atomic mass is 9.90. The number of carbonyl (C=O) groups excluding carboxylic acids is 6. The number of carbonyl (C=O) groups is 6. The summed E-state index contributed by atoms with van der Waals surface area (Å²) in [5.74, 6) is -1.98. The van der Waals surface area contributed by atoms with Crippen LogP contribution in [0.1, 0.15) is 132 Å². The first-order valence-corrected chi connectivity index (χ1v) is 38.3. The summed E-state index contributed by atoms with van der Waals surface area (Å²) in [5, 5.41) is 6.70. The van der Waals surface area contributed by atoms with Crippen LogP contribution in [0.25, 0.3) is 32.3 Å². The van der Waals surface area contributed by atoms with E-state index in [1.165, 1.54) is 6.38 Å². The van der Waals surface area contributed by atoms with E-state index in [4.69, 9.17) is 77.8 Å². The third-order valence-electron chi connectivity index (χ3n) is 18.2. The van der Waals surface area contributed by atoms with Crippen LogP contribution in [0, 0.1) is 41.5 Å². The Labute approximate surface area is 668 Å². The molecular weight excluding hydrogens is 1490 g/mol. The van der Waals surface area contributed by atoms with Crippen molar-refractivity contribution in [1.29, 1.82) is 0 Å². The molecule has 3 aromatic heterocycles. The average Bonchev–Trinajstić information content (AvgIpc) is 0.847. The highest BCUT2D eigenvalue weighted by molar-refractivity contribution is 6.41. The number of nitrogens with zero attached hydrogens (tertiary/aromatic N) is 3. The Hall–Kier alpha value is -10.0. The van der Waals surface area contributed by atoms with Gasteiger partial charge in [-0.1, -0.05) is 180 Å². The summed E-state index contributed by atoms with van der Waals surface area (Å²) in [6, 6.07) is 63.3. The van der Waals surface area contributed by atoms with Crippen LogP contribution in [-0.4, -0.2) is 86.9 Å². The minimum Gasteiger partial charge on any atom is -0.457 e. The Morgan fingerprint density at radius 2 is 0.555 bits per heavy atom. The zero-order valence-electron chi connectivity index (χ0n) is 62.7. The molecule has 0 saturated carbocycles. The molecule has 3 atom stereocenters. The van der Waals surface area contributed by atoms with Crippen LogP contribution in [0.4, 0.5) is 0 Å². The van der Waals surface area contributed by atoms with Crippen molar-refractivity contribution in [3.8, 4) is 0 Å². The molecule has 6 N–H and O–H groups in total. The number of aromatic nitrogens is 3. The highest BCUT2D eigenvalue weighted by Crippen LogP contribution is 2.27. The SMILES string of the molecule is CCl.Cc1ccc(C(=O)OCc2ccc([C@@H](CN)C(=O)Cc3ccc4cnccc4c3)cc2)c(C)c1.Cc1ccc(C(=O)OCc2ccc([C@@H](CN)C(=O)Cc3ccc4cnccc4c3)cc2)c(C)c1.Cc1ccc(C(=O)OCc2ccc([C@@H](CN)C(=O)Cc3ccc4cnccc4c3)cc2)c(C)c1.ClCCl.ClCCl. The lowest BCUT2D eigenvalue weighted by molar-refractivity contribution is -0.120. The van der Waals surface area contributed by atoms with Crippen molar-refractivity contribution in [2.75, 3.05) is 36.7 Å². The fourth-order valence-corrected chi connectivity index (χ4v) is 12.4. The van der Waals surface area contributed by atoms with Gasteiger partial charge in [0.2, 0.25) is 0 Å². The second-order valence-electron chi connectivity index (χ2n) is 26.1. The molecule has 0 fully saturated rings. The van der Waals surface area contributed by atoms with E-state index >= 15 is 0 Å². The van der Waals surface area contributed by atoms with Gasteiger partial charge < -0.3 is 31.4 Å². The standard InChI is InChI=1S/3C29H28N2O3.2CH2Cl2.CH3Cl/c3*1-19-3-10-26(20(2)13-19)29(33)34-18-21-4-7-23(8-5-21)27(16-30)28(32)15-22-6-9-25-17-31-12-11-24(25)14-22;2*2-1-3;1-2/h3*3-14,17,27H,15-16,18,30H2,1-2H3;2*1H2;1H3/t3*27-;;;/m111.../s1. The number of hydrogen-bond donors (Lipinski definition) is 3. The number of esters is 3. The van der Waals surface area contributed by atoms with Gasteiger partial charge in [-0.3, -0.25) is 29.3 Å². The summed E-state index contributed by atoms with van der Waals surface area (Å²) in [5.41, 5.74) is 33.7. The maximum absolute atomic E-state index is 13.0. The van der Waals surface area contributed by atoms with Gasteiger partial charge in [-0.05, 0) is 161 Å². The van der Waals surface area contributed by atoms with Crippen molar-refractivity contribution >= 4 is 126 Å². The van der Waals surface area contributed by atoms with Crippen molar-refractivity contribution in [3.05, 3.63) is 338 Å². The van der Waals surface area contributed by atoms with E-state index in [0.29, 0.717) is 36.0 Å². The molecular formula is C90H91Cl5N6O9. The van der Waals surface area contributed by atoms with Gasteiger partial charge in [0.25, 0.3) is 0 Å². The molecule has 570 valence electrons. The van der Waals surface area contributed by atoms with Gasteiger partial charge in [-0.15, -0.1) is 58.0 Å². The van der Waals surface area contributed by atoms with Crippen molar-refractivity contribution < 1.29 is 43.0 Å². The van der Waals surface area contributed by atoms with Crippen LogP contribution >= 0.6 is 58.0 Å². The molecule has 0 amide bonds. The number of pyridine rings is 3. The van der Waals surface area contributed by atoms with E-state index in [9.17, 15) is 28.8 Å². The Morgan fingerprint density at radius 3 is 0.782 bits per heavy atom. The van der Waals surface area contributed by atoms with Gasteiger partial charge in [0.1, 0.15) is 37.2 Å². The first-order valence-electron chi connectivity index (χ1n) is 35.4. The maximum atomic E-state index is 13.0. The topological polar surface area (TPSA) is 247 Å². The quantitative estimate of drug-likeness (QED) is 0.0289. The molecule has 0 unspecified atom stereocenters. The first-order chi connectivity index (χ1) is 53.1. The fourth-order valence-electron chi connectivity index (χ4n) is 12.4. The van der Waals surface area contributed by atoms with E-state index < -0.39 is 0 Å². The number of hydrogen-bond acceptors (Lipinski definition) is 15. The Morgan fingerprint density at radius 1 is 0.318 bits per heavy atom. The van der Waals surface area contributed by atoms with Crippen LogP contribution < -0.4 is 17.2 Å². The first kappa shape index (κ1) is 87.2. The van der Waals surface area contributed by atoms with Gasteiger partial charge in [0.05, 0.1) is 45.1 Å². The molecule has 9 aromatic carbocycles. The number of fused-ring (bicyclic) bond motifs is 3. The second-order valence-corrected chi connectivity index (χ2v) is 27.7. The smallest absolute Gasteiger partial charge is 0.338 e. The summed E-state index contributed by atoms with van der Waals surface area (Å²) >= 11 is 23.7. The zero-order valence-corrected chi connectivity index (χ0v) is 66.4. The predicted molar refractivity (Wildman–Crippen MR) is 446 cm³/mol. The van der Waals surface area contributed by atoms with Crippen molar-refractivity contribution in [2.45, 2.75) is 98.4 Å². The van der Waals surface area contributed by atoms with Crippen molar-refractivity contribution in [1.82, 2.24) is 15.0 Å². The number of ketones is 3. The molecule has 12 aromatic rings. The Balaban J connectivity index is 0.000000219. The molecule has 0 saturated heterocycles. The number of rotatable bonds is 24. The van der Waals surface area contributed by atoms with Crippen LogP contribution in [0.15, 0.2) is 237 Å². The van der Waals surface area contributed by atoms with Crippen LogP contribution in [0.3, 0.4) is 0 Å². The van der Waals surface area contributed by atoms with E-state index in [-0.39, 0.29) is 103 Å². The summed E-state index contributed by atoms with van der Waals surface area (Å²) < 4.78 is 16.5. The summed E-state index contributed by atoms with van der Waals surface area (Å²) in [6.07, 6.45) is 13.1. The second kappa shape index (κ2) is 45.2. The molecule has 0 aliphatic heterocycles. The summed E-state index contributed by atoms with van der Waals surface area (Å²) in [7, 11) is 0. The number of nitrogens with two attached hydrogens (primary N) is 3. The number of alkyl halides is 5. The van der Waals surface area contributed by atoms with Gasteiger partial charge >= 0.3 is 17.9 Å². The third-order valence-corrected chi connectivity index (χ3v) is 18.2. The average molecular weight is 1580 g/mol. The van der Waals surface area contributed by atoms with Gasteiger partial charge in [0, 0.05) is 98.6 Å². The Kier molecular flexibility index (Phi) is 35.8. The lowest BCUT2D eigenvalue weighted by Crippen LogP contribution is -2.23. The molecule has 0 aliphatic rings. The van der Waals surface area contributed by atoms with Crippen LogP contribution in [0.5, 0.6) is 0 Å². The number of aryl methyl sites for hydroxylation is 6. The van der Waals surface area contributed by atoms with E-state index in [1.807, 2.05) is 242 Å². The lowest BCUT2D eigenvalue weighted by Gasteiger charge is -2.15. The predicted octanol–water partition coefficient (Wildman–Crippen LogP) is 18.9. The molecule has 3 heterocycles. The van der Waals surface area contributed by atoms with Gasteiger partial charge in [0.15, 0.2) is 0 Å². The molecule has 0 spiro atoms. The summed E-state index contributed by atoms with van der Waals surface area (Å²) in [4.78, 5) is 88.8. The zero-order chi connectivity index (χ0) is 79.7. The largest absolute Gasteiger partial charge is 0.457 e. The van der Waals surface area contributed by atoms with Gasteiger partial charge in [-0.25, -0.2) is 14.4 Å². The van der Waals surface area contributed by atoms with E-state index in [1.54, 1.807) is 36.8 Å². The molecule has 0 bridgehead atoms. The minimum atomic E-state index is -0.389.